The van der Waals surface area contributed by atoms with Gasteiger partial charge in [-0.2, -0.15) is 11.3 Å². The van der Waals surface area contributed by atoms with Crippen LogP contribution in [0.4, 0.5) is 0 Å². The molecule has 0 aliphatic rings. The summed E-state index contributed by atoms with van der Waals surface area (Å²) in [5.74, 6) is 0.652. The zero-order valence-electron chi connectivity index (χ0n) is 12.9. The molecule has 0 radical (unpaired) electrons. The van der Waals surface area contributed by atoms with Crippen molar-refractivity contribution in [2.45, 2.75) is 30.8 Å². The number of hydrogen-bond acceptors (Lipinski definition) is 5. The fourth-order valence-corrected chi connectivity index (χ4v) is 3.73. The van der Waals surface area contributed by atoms with Gasteiger partial charge in [0, 0.05) is 6.54 Å². The number of benzene rings is 1. The summed E-state index contributed by atoms with van der Waals surface area (Å²) >= 11 is 1.50. The van der Waals surface area contributed by atoms with Crippen LogP contribution in [0.3, 0.4) is 0 Å². The van der Waals surface area contributed by atoms with E-state index in [9.17, 15) is 13.5 Å². The maximum absolute atomic E-state index is 12.2. The third-order valence-electron chi connectivity index (χ3n) is 3.24. The Morgan fingerprint density at radius 1 is 1.26 bits per heavy atom. The number of aliphatic hydroxyl groups is 1. The lowest BCUT2D eigenvalue weighted by Gasteiger charge is -2.11. The van der Waals surface area contributed by atoms with Crippen LogP contribution in [0.15, 0.2) is 46.0 Å². The lowest BCUT2D eigenvalue weighted by Crippen LogP contribution is -2.25. The Kier molecular flexibility index (Phi) is 6.59. The Balaban J connectivity index is 1.88. The topological polar surface area (TPSA) is 75.6 Å². The van der Waals surface area contributed by atoms with Gasteiger partial charge in [0.15, 0.2) is 0 Å². The van der Waals surface area contributed by atoms with Crippen molar-refractivity contribution in [3.8, 4) is 5.75 Å². The number of sulfonamides is 1. The maximum atomic E-state index is 12.2. The van der Waals surface area contributed by atoms with E-state index in [1.807, 2.05) is 23.8 Å². The van der Waals surface area contributed by atoms with Gasteiger partial charge in [0.2, 0.25) is 10.0 Å². The van der Waals surface area contributed by atoms with Crippen LogP contribution in [-0.4, -0.2) is 26.7 Å². The van der Waals surface area contributed by atoms with Crippen molar-refractivity contribution in [1.29, 1.82) is 0 Å². The lowest BCUT2D eigenvalue weighted by atomic mass is 10.1. The molecule has 1 heterocycles. The summed E-state index contributed by atoms with van der Waals surface area (Å²) in [5.41, 5.74) is 0.812. The van der Waals surface area contributed by atoms with Crippen molar-refractivity contribution in [3.05, 3.63) is 46.7 Å². The Labute approximate surface area is 141 Å². The normalized spacial score (nSPS) is 13.0. The predicted molar refractivity (Wildman–Crippen MR) is 91.3 cm³/mol. The standard InChI is InChI=1S/C16H21NO4S2/c1-2-10-21-14-3-5-15(6-4-14)23(19,20)17-9-7-16(18)13-8-11-22-12-13/h3-6,8,11-12,16-18H,2,7,9-10H2,1H3. The molecule has 1 unspecified atom stereocenters. The third-order valence-corrected chi connectivity index (χ3v) is 5.42. The van der Waals surface area contributed by atoms with Crippen LogP contribution in [0.25, 0.3) is 0 Å². The minimum atomic E-state index is -3.58. The van der Waals surface area contributed by atoms with Crippen molar-refractivity contribution < 1.29 is 18.3 Å². The molecule has 23 heavy (non-hydrogen) atoms. The monoisotopic (exact) mass is 355 g/mol. The van der Waals surface area contributed by atoms with E-state index >= 15 is 0 Å². The Morgan fingerprint density at radius 2 is 2.00 bits per heavy atom. The number of nitrogens with one attached hydrogen (secondary N) is 1. The first-order valence-electron chi connectivity index (χ1n) is 7.45. The van der Waals surface area contributed by atoms with Crippen molar-refractivity contribution in [3.63, 3.8) is 0 Å². The molecule has 0 bridgehead atoms. The van der Waals surface area contributed by atoms with Crippen LogP contribution >= 0.6 is 11.3 Å². The van der Waals surface area contributed by atoms with Gasteiger partial charge in [-0.05, 0) is 59.5 Å². The van der Waals surface area contributed by atoms with Gasteiger partial charge in [0.05, 0.1) is 17.6 Å². The molecule has 0 fully saturated rings. The summed E-state index contributed by atoms with van der Waals surface area (Å²) in [6.45, 7) is 2.78. The summed E-state index contributed by atoms with van der Waals surface area (Å²) in [6, 6.07) is 8.15. The molecule has 1 atom stereocenters. The molecule has 0 aliphatic carbocycles. The molecule has 7 heteroatoms. The number of hydrogen-bond donors (Lipinski definition) is 2. The average molecular weight is 355 g/mol. The van der Waals surface area contributed by atoms with Gasteiger partial charge in [-0.15, -0.1) is 0 Å². The molecule has 0 amide bonds. The molecule has 0 saturated carbocycles. The lowest BCUT2D eigenvalue weighted by molar-refractivity contribution is 0.169. The number of rotatable bonds is 9. The van der Waals surface area contributed by atoms with Crippen LogP contribution < -0.4 is 9.46 Å². The largest absolute Gasteiger partial charge is 0.494 e. The van der Waals surface area contributed by atoms with Crippen LogP contribution in [0.1, 0.15) is 31.4 Å². The summed E-state index contributed by atoms with van der Waals surface area (Å²) < 4.78 is 32.3. The summed E-state index contributed by atoms with van der Waals surface area (Å²) in [6.07, 6.45) is 0.565. The molecule has 2 N–H and O–H groups in total. The van der Waals surface area contributed by atoms with E-state index in [2.05, 4.69) is 4.72 Å². The summed E-state index contributed by atoms with van der Waals surface area (Å²) in [5, 5.41) is 13.7. The van der Waals surface area contributed by atoms with E-state index in [1.165, 1.54) is 23.5 Å². The van der Waals surface area contributed by atoms with Crippen LogP contribution in [0.5, 0.6) is 5.75 Å². The van der Waals surface area contributed by atoms with Crippen molar-refractivity contribution in [2.24, 2.45) is 0 Å². The van der Waals surface area contributed by atoms with E-state index < -0.39 is 16.1 Å². The second-order valence-corrected chi connectivity index (χ2v) is 7.63. The van der Waals surface area contributed by atoms with Gasteiger partial charge in [-0.1, -0.05) is 6.92 Å². The quantitative estimate of drug-likeness (QED) is 0.725. The van der Waals surface area contributed by atoms with Crippen LogP contribution in [0.2, 0.25) is 0 Å². The van der Waals surface area contributed by atoms with Gasteiger partial charge >= 0.3 is 0 Å². The minimum absolute atomic E-state index is 0.174. The molecule has 2 rings (SSSR count). The molecule has 1 aromatic carbocycles. The van der Waals surface area contributed by atoms with E-state index in [1.54, 1.807) is 12.1 Å². The van der Waals surface area contributed by atoms with E-state index in [-0.39, 0.29) is 11.4 Å². The minimum Gasteiger partial charge on any atom is -0.494 e. The first kappa shape index (κ1) is 17.9. The van der Waals surface area contributed by atoms with Crippen molar-refractivity contribution in [1.82, 2.24) is 4.72 Å². The van der Waals surface area contributed by atoms with Crippen LogP contribution in [0, 0.1) is 0 Å². The van der Waals surface area contributed by atoms with E-state index in [4.69, 9.17) is 4.74 Å². The van der Waals surface area contributed by atoms with Gasteiger partial charge in [-0.25, -0.2) is 13.1 Å². The van der Waals surface area contributed by atoms with Gasteiger partial charge in [-0.3, -0.25) is 0 Å². The fraction of sp³-hybridized carbons (Fsp3) is 0.375. The van der Waals surface area contributed by atoms with Crippen molar-refractivity contribution in [2.75, 3.05) is 13.2 Å². The fourth-order valence-electron chi connectivity index (χ4n) is 1.98. The first-order valence-corrected chi connectivity index (χ1v) is 9.88. The number of aliphatic hydroxyl groups excluding tert-OH is 1. The molecule has 5 nitrogen and oxygen atoms in total. The average Bonchev–Trinajstić information content (AvgIpc) is 3.07. The third kappa shape index (κ3) is 5.31. The molecule has 1 aromatic heterocycles. The number of ether oxygens (including phenoxy) is 1. The molecule has 0 spiro atoms. The smallest absolute Gasteiger partial charge is 0.240 e. The highest BCUT2D eigenvalue weighted by molar-refractivity contribution is 7.89. The maximum Gasteiger partial charge on any atom is 0.240 e. The molecule has 0 saturated heterocycles. The van der Waals surface area contributed by atoms with Gasteiger partial charge in [0.1, 0.15) is 5.75 Å². The Hall–Kier alpha value is -1.41. The Morgan fingerprint density at radius 3 is 2.61 bits per heavy atom. The Bertz CT molecular complexity index is 681. The first-order chi connectivity index (χ1) is 11.0. The zero-order valence-corrected chi connectivity index (χ0v) is 14.6. The molecule has 0 aliphatic heterocycles. The molecule has 126 valence electrons. The number of thiophene rings is 1. The summed E-state index contributed by atoms with van der Waals surface area (Å²) in [7, 11) is -3.58. The summed E-state index contributed by atoms with van der Waals surface area (Å²) in [4.78, 5) is 0.186. The van der Waals surface area contributed by atoms with E-state index in [0.717, 1.165) is 12.0 Å². The zero-order chi connectivity index (χ0) is 16.7. The van der Waals surface area contributed by atoms with Crippen LogP contribution in [-0.2, 0) is 10.0 Å². The highest BCUT2D eigenvalue weighted by atomic mass is 32.2. The second-order valence-electron chi connectivity index (χ2n) is 5.08. The second kappa shape index (κ2) is 8.44. The van der Waals surface area contributed by atoms with Gasteiger partial charge in [0.25, 0.3) is 0 Å². The molecule has 2 aromatic rings. The SMILES string of the molecule is CCCOc1ccc(S(=O)(=O)NCCC(O)c2ccsc2)cc1. The highest BCUT2D eigenvalue weighted by Crippen LogP contribution is 2.19. The van der Waals surface area contributed by atoms with Gasteiger partial charge < -0.3 is 9.84 Å². The van der Waals surface area contributed by atoms with E-state index in [0.29, 0.717) is 18.8 Å². The molecular formula is C16H21NO4S2. The van der Waals surface area contributed by atoms with Crippen molar-refractivity contribution >= 4 is 21.4 Å². The highest BCUT2D eigenvalue weighted by Gasteiger charge is 2.15. The molecular weight excluding hydrogens is 334 g/mol. The predicted octanol–water partition coefficient (Wildman–Crippen LogP) is 2.94.